The van der Waals surface area contributed by atoms with E-state index in [1.165, 1.54) is 18.4 Å². The largest absolute Gasteiger partial charge is 0.493 e. The third kappa shape index (κ3) is 6.16. The van der Waals surface area contributed by atoms with E-state index in [-0.39, 0.29) is 12.2 Å². The van der Waals surface area contributed by atoms with E-state index >= 15 is 0 Å². The standard InChI is InChI=1S/C30H32O5/c1-3-10-28(33-16-21-12-13-21)22(6-1)14-24-8-5-9-25(30(24)35-20-27-18-32-27)15-23-7-2-4-11-29(23)34-19-26-17-31-26/h1-11,21,26-27H,12-20H2. The van der Waals surface area contributed by atoms with E-state index in [0.29, 0.717) is 13.2 Å². The molecule has 0 amide bonds. The average molecular weight is 473 g/mol. The molecule has 3 aromatic rings. The lowest BCUT2D eigenvalue weighted by molar-refractivity contribution is 0.258. The third-order valence-electron chi connectivity index (χ3n) is 6.70. The summed E-state index contributed by atoms with van der Waals surface area (Å²) < 4.78 is 29.4. The Morgan fingerprint density at radius 1 is 0.571 bits per heavy atom. The number of ether oxygens (including phenoxy) is 5. The van der Waals surface area contributed by atoms with Crippen molar-refractivity contribution < 1.29 is 23.7 Å². The summed E-state index contributed by atoms with van der Waals surface area (Å²) in [5, 5.41) is 0. The predicted octanol–water partition coefficient (Wildman–Crippen LogP) is 5.21. The molecule has 182 valence electrons. The first-order chi connectivity index (χ1) is 17.3. The predicted molar refractivity (Wildman–Crippen MR) is 134 cm³/mol. The lowest BCUT2D eigenvalue weighted by atomic mass is 9.96. The Kier molecular flexibility index (Phi) is 6.61. The second-order valence-electron chi connectivity index (χ2n) is 9.76. The number of rotatable bonds is 13. The maximum absolute atomic E-state index is 6.41. The summed E-state index contributed by atoms with van der Waals surface area (Å²) in [5.74, 6) is 3.55. The van der Waals surface area contributed by atoms with Gasteiger partial charge >= 0.3 is 0 Å². The fourth-order valence-electron chi connectivity index (χ4n) is 4.27. The van der Waals surface area contributed by atoms with Gasteiger partial charge in [0.1, 0.15) is 42.7 Å². The zero-order chi connectivity index (χ0) is 23.5. The van der Waals surface area contributed by atoms with Gasteiger partial charge in [-0.3, -0.25) is 0 Å². The van der Waals surface area contributed by atoms with Gasteiger partial charge in [0.05, 0.1) is 19.8 Å². The van der Waals surface area contributed by atoms with Gasteiger partial charge in [-0.2, -0.15) is 0 Å². The number of hydrogen-bond donors (Lipinski definition) is 0. The highest BCUT2D eigenvalue weighted by atomic mass is 16.6. The minimum atomic E-state index is 0.194. The van der Waals surface area contributed by atoms with E-state index in [1.54, 1.807) is 0 Å². The molecular formula is C30H32O5. The second kappa shape index (κ2) is 10.3. The lowest BCUT2D eigenvalue weighted by Crippen LogP contribution is -2.10. The normalized spacial score (nSPS) is 20.3. The summed E-state index contributed by atoms with van der Waals surface area (Å²) in [6.45, 7) is 3.53. The molecule has 0 bridgehead atoms. The maximum Gasteiger partial charge on any atom is 0.126 e. The van der Waals surface area contributed by atoms with Crippen LogP contribution in [0.3, 0.4) is 0 Å². The summed E-state index contributed by atoms with van der Waals surface area (Å²) in [4.78, 5) is 0. The van der Waals surface area contributed by atoms with E-state index in [0.717, 1.165) is 72.5 Å². The Labute approximate surface area is 206 Å². The zero-order valence-electron chi connectivity index (χ0n) is 20.0. The van der Waals surface area contributed by atoms with Crippen LogP contribution in [0.25, 0.3) is 0 Å². The molecule has 0 radical (unpaired) electrons. The molecular weight excluding hydrogens is 440 g/mol. The Bertz CT molecular complexity index is 1070. The highest BCUT2D eigenvalue weighted by molar-refractivity contribution is 5.49. The fourth-order valence-corrected chi connectivity index (χ4v) is 4.27. The monoisotopic (exact) mass is 472 g/mol. The molecule has 5 heteroatoms. The topological polar surface area (TPSA) is 52.8 Å². The Hall–Kier alpha value is -3.02. The number of hydrogen-bond acceptors (Lipinski definition) is 5. The second-order valence-corrected chi connectivity index (χ2v) is 9.76. The van der Waals surface area contributed by atoms with Crippen LogP contribution in [0.4, 0.5) is 0 Å². The van der Waals surface area contributed by atoms with Crippen LogP contribution < -0.4 is 14.2 Å². The van der Waals surface area contributed by atoms with E-state index in [9.17, 15) is 0 Å². The van der Waals surface area contributed by atoms with Crippen molar-refractivity contribution in [2.45, 2.75) is 37.9 Å². The minimum absolute atomic E-state index is 0.194. The lowest BCUT2D eigenvalue weighted by Gasteiger charge is -2.18. The number of epoxide rings is 2. The van der Waals surface area contributed by atoms with Crippen molar-refractivity contribution in [3.05, 3.63) is 89.0 Å². The molecule has 1 saturated carbocycles. The van der Waals surface area contributed by atoms with E-state index in [2.05, 4.69) is 48.5 Å². The minimum Gasteiger partial charge on any atom is -0.493 e. The van der Waals surface area contributed by atoms with E-state index < -0.39 is 0 Å². The fraction of sp³-hybridized carbons (Fsp3) is 0.400. The molecule has 3 aromatic carbocycles. The van der Waals surface area contributed by atoms with Gasteiger partial charge < -0.3 is 23.7 Å². The molecule has 2 unspecified atom stereocenters. The van der Waals surface area contributed by atoms with E-state index in [4.69, 9.17) is 23.7 Å². The summed E-state index contributed by atoms with van der Waals surface area (Å²) >= 11 is 0. The first kappa shape index (κ1) is 22.4. The van der Waals surface area contributed by atoms with Crippen LogP contribution in [0, 0.1) is 5.92 Å². The molecule has 5 nitrogen and oxygen atoms in total. The van der Waals surface area contributed by atoms with Crippen LogP contribution in [0.5, 0.6) is 17.2 Å². The SMILES string of the molecule is c1ccc(OCC2CC2)c(Cc2cccc(Cc3ccccc3OCC3CO3)c2OCC2CO2)c1. The van der Waals surface area contributed by atoms with Gasteiger partial charge in [0.15, 0.2) is 0 Å². The molecule has 3 aliphatic rings. The van der Waals surface area contributed by atoms with Gasteiger partial charge in [0, 0.05) is 12.8 Å². The average Bonchev–Trinajstić information content (AvgIpc) is 3.74. The molecule has 0 N–H and O–H groups in total. The van der Waals surface area contributed by atoms with E-state index in [1.807, 2.05) is 18.2 Å². The molecule has 2 atom stereocenters. The summed E-state index contributed by atoms with van der Waals surface area (Å²) in [7, 11) is 0. The van der Waals surface area contributed by atoms with Gasteiger partial charge in [-0.15, -0.1) is 0 Å². The first-order valence-corrected chi connectivity index (χ1v) is 12.7. The number of benzene rings is 3. The van der Waals surface area contributed by atoms with Crippen LogP contribution in [0.1, 0.15) is 35.1 Å². The van der Waals surface area contributed by atoms with Crippen molar-refractivity contribution in [2.75, 3.05) is 33.0 Å². The third-order valence-corrected chi connectivity index (χ3v) is 6.70. The molecule has 2 heterocycles. The van der Waals surface area contributed by atoms with Crippen LogP contribution >= 0.6 is 0 Å². The maximum atomic E-state index is 6.41. The molecule has 3 fully saturated rings. The summed E-state index contributed by atoms with van der Waals surface area (Å²) in [5.41, 5.74) is 4.64. The Morgan fingerprint density at radius 3 is 1.60 bits per heavy atom. The molecule has 35 heavy (non-hydrogen) atoms. The Balaban J connectivity index is 1.26. The molecule has 0 spiro atoms. The van der Waals surface area contributed by atoms with Gasteiger partial charge in [-0.05, 0) is 53.1 Å². The van der Waals surface area contributed by atoms with Gasteiger partial charge in [-0.1, -0.05) is 54.6 Å². The van der Waals surface area contributed by atoms with Crippen LogP contribution in [0.15, 0.2) is 66.7 Å². The van der Waals surface area contributed by atoms with Gasteiger partial charge in [0.25, 0.3) is 0 Å². The molecule has 2 aliphatic heterocycles. The van der Waals surface area contributed by atoms with Crippen LogP contribution in [-0.2, 0) is 22.3 Å². The smallest absolute Gasteiger partial charge is 0.126 e. The van der Waals surface area contributed by atoms with Crippen LogP contribution in [-0.4, -0.2) is 45.2 Å². The van der Waals surface area contributed by atoms with Gasteiger partial charge in [0.2, 0.25) is 0 Å². The summed E-state index contributed by atoms with van der Waals surface area (Å²) in [6.07, 6.45) is 4.47. The highest BCUT2D eigenvalue weighted by Gasteiger charge is 2.26. The molecule has 2 saturated heterocycles. The Morgan fingerprint density at radius 2 is 1.06 bits per heavy atom. The molecule has 1 aliphatic carbocycles. The number of para-hydroxylation sites is 3. The van der Waals surface area contributed by atoms with Crippen LogP contribution in [0.2, 0.25) is 0 Å². The van der Waals surface area contributed by atoms with Crippen molar-refractivity contribution >= 4 is 0 Å². The van der Waals surface area contributed by atoms with Crippen molar-refractivity contribution in [3.63, 3.8) is 0 Å². The van der Waals surface area contributed by atoms with Gasteiger partial charge in [-0.25, -0.2) is 0 Å². The van der Waals surface area contributed by atoms with Crippen molar-refractivity contribution in [3.8, 4) is 17.2 Å². The van der Waals surface area contributed by atoms with Crippen molar-refractivity contribution in [1.29, 1.82) is 0 Å². The van der Waals surface area contributed by atoms with Crippen molar-refractivity contribution in [1.82, 2.24) is 0 Å². The zero-order valence-corrected chi connectivity index (χ0v) is 20.0. The van der Waals surface area contributed by atoms with Crippen molar-refractivity contribution in [2.24, 2.45) is 5.92 Å². The quantitative estimate of drug-likeness (QED) is 0.320. The molecule has 6 rings (SSSR count). The summed E-state index contributed by atoms with van der Waals surface area (Å²) in [6, 6.07) is 23.1. The highest BCUT2D eigenvalue weighted by Crippen LogP contribution is 2.35. The first-order valence-electron chi connectivity index (χ1n) is 12.7. The molecule has 0 aromatic heterocycles.